The van der Waals surface area contributed by atoms with E-state index in [1.165, 1.54) is 12.8 Å². The van der Waals surface area contributed by atoms with E-state index in [1.54, 1.807) is 0 Å². The minimum absolute atomic E-state index is 0.972. The highest BCUT2D eigenvalue weighted by Crippen LogP contribution is 2.42. The predicted octanol–water partition coefficient (Wildman–Crippen LogP) is 3.32. The Morgan fingerprint density at radius 3 is 1.90 bits per heavy atom. The predicted molar refractivity (Wildman–Crippen MR) is 45.9 cm³/mol. The normalized spacial score (nSPS) is 48.0. The van der Waals surface area contributed by atoms with Crippen molar-refractivity contribution < 1.29 is 0 Å². The van der Waals surface area contributed by atoms with Gasteiger partial charge in [0, 0.05) is 0 Å². The highest BCUT2D eigenvalue weighted by Gasteiger charge is 2.33. The summed E-state index contributed by atoms with van der Waals surface area (Å²) in [7, 11) is 0. The Hall–Kier alpha value is 0. The number of hydrogen-bond acceptors (Lipinski definition) is 0. The first-order valence-corrected chi connectivity index (χ1v) is 4.66. The van der Waals surface area contributed by atoms with Crippen LogP contribution in [-0.2, 0) is 0 Å². The van der Waals surface area contributed by atoms with Crippen LogP contribution >= 0.6 is 0 Å². The molecule has 0 bridgehead atoms. The summed E-state index contributed by atoms with van der Waals surface area (Å²) in [6.07, 6.45) is 2.84. The molecular formula is C10H20. The summed E-state index contributed by atoms with van der Waals surface area (Å²) < 4.78 is 0. The first-order valence-electron chi connectivity index (χ1n) is 4.66. The van der Waals surface area contributed by atoms with Gasteiger partial charge in [-0.2, -0.15) is 0 Å². The van der Waals surface area contributed by atoms with Crippen LogP contribution in [0, 0.1) is 23.7 Å². The van der Waals surface area contributed by atoms with Crippen LogP contribution in [0.4, 0.5) is 0 Å². The molecule has 1 aliphatic carbocycles. The first-order chi connectivity index (χ1) is 4.66. The molecule has 0 radical (unpaired) electrons. The second-order valence-corrected chi connectivity index (χ2v) is 4.12. The van der Waals surface area contributed by atoms with E-state index in [9.17, 15) is 0 Å². The first kappa shape index (κ1) is 8.10. The molecule has 0 heterocycles. The minimum Gasteiger partial charge on any atom is -0.0651 e. The highest BCUT2D eigenvalue weighted by atomic mass is 14.4. The molecule has 0 saturated heterocycles. The molecule has 0 aliphatic heterocycles. The zero-order valence-corrected chi connectivity index (χ0v) is 7.72. The fourth-order valence-electron chi connectivity index (χ4n) is 2.69. The van der Waals surface area contributed by atoms with Gasteiger partial charge in [0.2, 0.25) is 0 Å². The van der Waals surface area contributed by atoms with Gasteiger partial charge in [-0.1, -0.05) is 34.1 Å². The lowest BCUT2D eigenvalue weighted by Gasteiger charge is -2.18. The molecule has 1 fully saturated rings. The fraction of sp³-hybridized carbons (Fsp3) is 1.00. The molecule has 0 nitrogen and oxygen atoms in total. The van der Waals surface area contributed by atoms with E-state index < -0.39 is 0 Å². The second-order valence-electron chi connectivity index (χ2n) is 4.12. The number of rotatable bonds is 1. The Kier molecular flexibility index (Phi) is 2.38. The Morgan fingerprint density at radius 1 is 1.10 bits per heavy atom. The molecule has 1 saturated carbocycles. The van der Waals surface area contributed by atoms with E-state index >= 15 is 0 Å². The SMILES string of the molecule is CCC1C(C)C[C@H](C)C1C. The van der Waals surface area contributed by atoms with Crippen LogP contribution in [0.15, 0.2) is 0 Å². The van der Waals surface area contributed by atoms with Crippen LogP contribution in [0.1, 0.15) is 40.5 Å². The standard InChI is InChI=1S/C10H20/c1-5-10-8(3)6-7(2)9(10)4/h7-10H,5-6H2,1-4H3/t7-,8?,9?,10?/m0/s1. The van der Waals surface area contributed by atoms with Gasteiger partial charge in [0.1, 0.15) is 0 Å². The summed E-state index contributed by atoms with van der Waals surface area (Å²) in [5.41, 5.74) is 0. The Labute approximate surface area is 65.0 Å². The summed E-state index contributed by atoms with van der Waals surface area (Å²) in [5, 5.41) is 0. The molecule has 1 aliphatic rings. The lowest BCUT2D eigenvalue weighted by molar-refractivity contribution is 0.314. The van der Waals surface area contributed by atoms with Crippen molar-refractivity contribution in [2.75, 3.05) is 0 Å². The Bertz CT molecular complexity index is 107. The lowest BCUT2D eigenvalue weighted by Crippen LogP contribution is -2.10. The third kappa shape index (κ3) is 1.21. The molecule has 4 atom stereocenters. The van der Waals surface area contributed by atoms with Crippen molar-refractivity contribution in [1.29, 1.82) is 0 Å². The zero-order valence-electron chi connectivity index (χ0n) is 7.72. The summed E-state index contributed by atoms with van der Waals surface area (Å²) in [4.78, 5) is 0. The van der Waals surface area contributed by atoms with Gasteiger partial charge < -0.3 is 0 Å². The monoisotopic (exact) mass is 140 g/mol. The van der Waals surface area contributed by atoms with Crippen LogP contribution in [0.25, 0.3) is 0 Å². The highest BCUT2D eigenvalue weighted by molar-refractivity contribution is 4.83. The van der Waals surface area contributed by atoms with Gasteiger partial charge in [0.05, 0.1) is 0 Å². The summed E-state index contributed by atoms with van der Waals surface area (Å²) >= 11 is 0. The van der Waals surface area contributed by atoms with Gasteiger partial charge in [-0.3, -0.25) is 0 Å². The second kappa shape index (κ2) is 2.94. The van der Waals surface area contributed by atoms with Crippen molar-refractivity contribution in [3.63, 3.8) is 0 Å². The van der Waals surface area contributed by atoms with Crippen LogP contribution in [-0.4, -0.2) is 0 Å². The van der Waals surface area contributed by atoms with Crippen molar-refractivity contribution in [2.24, 2.45) is 23.7 Å². The van der Waals surface area contributed by atoms with E-state index in [2.05, 4.69) is 27.7 Å². The van der Waals surface area contributed by atoms with E-state index in [0.717, 1.165) is 23.7 Å². The average molecular weight is 140 g/mol. The van der Waals surface area contributed by atoms with Gasteiger partial charge >= 0.3 is 0 Å². The van der Waals surface area contributed by atoms with E-state index in [-0.39, 0.29) is 0 Å². The van der Waals surface area contributed by atoms with E-state index in [0.29, 0.717) is 0 Å². The third-order valence-electron chi connectivity index (χ3n) is 3.52. The van der Waals surface area contributed by atoms with Crippen LogP contribution in [0.2, 0.25) is 0 Å². The van der Waals surface area contributed by atoms with Gasteiger partial charge in [-0.05, 0) is 30.1 Å². The lowest BCUT2D eigenvalue weighted by atomic mass is 9.88. The fourth-order valence-corrected chi connectivity index (χ4v) is 2.69. The quantitative estimate of drug-likeness (QED) is 0.524. The maximum atomic E-state index is 2.42. The van der Waals surface area contributed by atoms with Gasteiger partial charge in [-0.25, -0.2) is 0 Å². The Morgan fingerprint density at radius 2 is 1.70 bits per heavy atom. The molecule has 0 spiro atoms. The molecule has 0 aromatic carbocycles. The maximum Gasteiger partial charge on any atom is -0.0363 e. The molecule has 0 aromatic rings. The largest absolute Gasteiger partial charge is 0.0651 e. The minimum atomic E-state index is 0.972. The van der Waals surface area contributed by atoms with E-state index in [4.69, 9.17) is 0 Å². The summed E-state index contributed by atoms with van der Waals surface area (Å²) in [6.45, 7) is 9.56. The molecule has 0 aromatic heterocycles. The molecule has 0 N–H and O–H groups in total. The van der Waals surface area contributed by atoms with Crippen molar-refractivity contribution in [2.45, 2.75) is 40.5 Å². The topological polar surface area (TPSA) is 0 Å². The maximum absolute atomic E-state index is 2.42. The van der Waals surface area contributed by atoms with E-state index in [1.807, 2.05) is 0 Å². The molecule has 1 rings (SSSR count). The molecule has 10 heavy (non-hydrogen) atoms. The molecule has 0 amide bonds. The smallest absolute Gasteiger partial charge is 0.0363 e. The van der Waals surface area contributed by atoms with Crippen molar-refractivity contribution >= 4 is 0 Å². The van der Waals surface area contributed by atoms with Gasteiger partial charge in [0.15, 0.2) is 0 Å². The van der Waals surface area contributed by atoms with Gasteiger partial charge in [0.25, 0.3) is 0 Å². The molecule has 60 valence electrons. The van der Waals surface area contributed by atoms with Crippen molar-refractivity contribution in [3.8, 4) is 0 Å². The molecular weight excluding hydrogens is 120 g/mol. The Balaban J connectivity index is 2.55. The number of hydrogen-bond donors (Lipinski definition) is 0. The van der Waals surface area contributed by atoms with Gasteiger partial charge in [-0.15, -0.1) is 0 Å². The van der Waals surface area contributed by atoms with Crippen molar-refractivity contribution in [1.82, 2.24) is 0 Å². The van der Waals surface area contributed by atoms with Crippen LogP contribution < -0.4 is 0 Å². The summed E-state index contributed by atoms with van der Waals surface area (Å²) in [6, 6.07) is 0. The molecule has 0 heteroatoms. The van der Waals surface area contributed by atoms with Crippen LogP contribution in [0.5, 0.6) is 0 Å². The van der Waals surface area contributed by atoms with Crippen LogP contribution in [0.3, 0.4) is 0 Å². The summed E-state index contributed by atoms with van der Waals surface area (Å²) in [5.74, 6) is 3.94. The molecule has 3 unspecified atom stereocenters. The average Bonchev–Trinajstić information content (AvgIpc) is 2.09. The van der Waals surface area contributed by atoms with Crippen molar-refractivity contribution in [3.05, 3.63) is 0 Å². The third-order valence-corrected chi connectivity index (χ3v) is 3.52. The zero-order chi connectivity index (χ0) is 7.72.